The topological polar surface area (TPSA) is 49.7 Å². The molecule has 0 spiro atoms. The summed E-state index contributed by atoms with van der Waals surface area (Å²) in [6, 6.07) is 0. The van der Waals surface area contributed by atoms with Gasteiger partial charge in [-0.1, -0.05) is 33.1 Å². The minimum Gasteiger partial charge on any atom is -0.396 e. The fourth-order valence-corrected chi connectivity index (χ4v) is 1.67. The smallest absolute Gasteiger partial charge is 0.0855 e. The van der Waals surface area contributed by atoms with E-state index in [4.69, 9.17) is 9.84 Å². The van der Waals surface area contributed by atoms with Gasteiger partial charge >= 0.3 is 0 Å². The van der Waals surface area contributed by atoms with Crippen molar-refractivity contribution < 1.29 is 14.9 Å². The molecule has 0 aromatic heterocycles. The summed E-state index contributed by atoms with van der Waals surface area (Å²) >= 11 is 0. The van der Waals surface area contributed by atoms with Crippen LogP contribution in [0.5, 0.6) is 0 Å². The lowest BCUT2D eigenvalue weighted by Crippen LogP contribution is -2.29. The van der Waals surface area contributed by atoms with E-state index < -0.39 is 6.10 Å². The number of ether oxygens (including phenoxy) is 1. The van der Waals surface area contributed by atoms with Gasteiger partial charge in [0.25, 0.3) is 0 Å². The lowest BCUT2D eigenvalue weighted by atomic mass is 10.0. The molecule has 1 radical (unpaired) electrons. The molecule has 0 aliphatic carbocycles. The second kappa shape index (κ2) is 10.1. The van der Waals surface area contributed by atoms with Crippen molar-refractivity contribution in [3.05, 3.63) is 6.92 Å². The van der Waals surface area contributed by atoms with Crippen molar-refractivity contribution in [2.45, 2.75) is 58.2 Å². The number of aliphatic hydroxyl groups excluding tert-OH is 2. The van der Waals surface area contributed by atoms with Crippen LogP contribution in [0.3, 0.4) is 0 Å². The second-order valence-electron chi connectivity index (χ2n) is 4.37. The van der Waals surface area contributed by atoms with Crippen molar-refractivity contribution in [1.29, 1.82) is 0 Å². The molecule has 3 atom stereocenters. The molecule has 3 nitrogen and oxygen atoms in total. The molecule has 0 bridgehead atoms. The first-order valence-electron chi connectivity index (χ1n) is 6.39. The Labute approximate surface area is 99.8 Å². The third kappa shape index (κ3) is 7.20. The Morgan fingerprint density at radius 1 is 1.25 bits per heavy atom. The maximum absolute atomic E-state index is 9.36. The quantitative estimate of drug-likeness (QED) is 0.606. The van der Waals surface area contributed by atoms with E-state index in [1.165, 1.54) is 19.3 Å². The second-order valence-corrected chi connectivity index (χ2v) is 4.37. The van der Waals surface area contributed by atoms with Crippen molar-refractivity contribution in [3.8, 4) is 0 Å². The van der Waals surface area contributed by atoms with Crippen LogP contribution in [0.25, 0.3) is 0 Å². The van der Waals surface area contributed by atoms with Gasteiger partial charge in [-0.15, -0.1) is 0 Å². The molecule has 0 fully saturated rings. The van der Waals surface area contributed by atoms with Crippen molar-refractivity contribution in [2.24, 2.45) is 5.92 Å². The molecule has 2 N–H and O–H groups in total. The number of rotatable bonds is 10. The largest absolute Gasteiger partial charge is 0.396 e. The summed E-state index contributed by atoms with van der Waals surface area (Å²) in [6.45, 7) is 8.57. The summed E-state index contributed by atoms with van der Waals surface area (Å²) in [5, 5.41) is 18.2. The Bertz CT molecular complexity index is 148. The summed E-state index contributed by atoms with van der Waals surface area (Å²) in [4.78, 5) is 0. The van der Waals surface area contributed by atoms with Gasteiger partial charge in [-0.3, -0.25) is 0 Å². The first kappa shape index (κ1) is 15.9. The van der Waals surface area contributed by atoms with E-state index in [1.807, 2.05) is 0 Å². The molecule has 3 heteroatoms. The van der Waals surface area contributed by atoms with E-state index in [0.29, 0.717) is 18.9 Å². The molecule has 16 heavy (non-hydrogen) atoms. The maximum atomic E-state index is 9.36. The normalized spacial score (nSPS) is 17.1. The van der Waals surface area contributed by atoms with Crippen molar-refractivity contribution >= 4 is 0 Å². The number of aliphatic hydroxyl groups is 2. The summed E-state index contributed by atoms with van der Waals surface area (Å²) in [5.41, 5.74) is 0. The zero-order chi connectivity index (χ0) is 12.4. The van der Waals surface area contributed by atoms with Crippen molar-refractivity contribution in [2.75, 3.05) is 13.2 Å². The molecular formula is C13H27O3. The monoisotopic (exact) mass is 231 g/mol. The third-order valence-corrected chi connectivity index (χ3v) is 2.93. The predicted octanol–water partition coefficient (Wildman–Crippen LogP) is 2.17. The highest BCUT2D eigenvalue weighted by atomic mass is 16.5. The van der Waals surface area contributed by atoms with Crippen LogP contribution in [0.2, 0.25) is 0 Å². The summed E-state index contributed by atoms with van der Waals surface area (Å²) in [7, 11) is 0. The van der Waals surface area contributed by atoms with Crippen LogP contribution < -0.4 is 0 Å². The average Bonchev–Trinajstić information content (AvgIpc) is 2.27. The highest BCUT2D eigenvalue weighted by Gasteiger charge is 2.17. The Morgan fingerprint density at radius 3 is 2.38 bits per heavy atom. The molecule has 0 aliphatic heterocycles. The first-order valence-corrected chi connectivity index (χ1v) is 6.39. The predicted molar refractivity (Wildman–Crippen MR) is 66.1 cm³/mol. The minimum atomic E-state index is -0.754. The molecule has 0 amide bonds. The van der Waals surface area contributed by atoms with Gasteiger partial charge in [0.1, 0.15) is 0 Å². The summed E-state index contributed by atoms with van der Waals surface area (Å²) < 4.78 is 5.62. The molecular weight excluding hydrogens is 204 g/mol. The van der Waals surface area contributed by atoms with Gasteiger partial charge in [-0.2, -0.15) is 0 Å². The molecule has 0 rings (SSSR count). The van der Waals surface area contributed by atoms with E-state index in [0.717, 1.165) is 6.42 Å². The van der Waals surface area contributed by atoms with E-state index in [1.54, 1.807) is 0 Å². The SMILES string of the molecule is [CH2]C(O)C(CCO)OCC(CC)CCCC. The highest BCUT2D eigenvalue weighted by molar-refractivity contribution is 4.71. The van der Waals surface area contributed by atoms with Crippen LogP contribution in [0, 0.1) is 12.8 Å². The molecule has 0 saturated heterocycles. The highest BCUT2D eigenvalue weighted by Crippen LogP contribution is 2.15. The molecule has 0 saturated carbocycles. The third-order valence-electron chi connectivity index (χ3n) is 2.93. The summed E-state index contributed by atoms with van der Waals surface area (Å²) in [6.07, 6.45) is 4.06. The van der Waals surface area contributed by atoms with Gasteiger partial charge in [-0.25, -0.2) is 0 Å². The lowest BCUT2D eigenvalue weighted by molar-refractivity contribution is -0.0446. The molecule has 0 aromatic rings. The Balaban J connectivity index is 3.86. The standard InChI is InChI=1S/C13H27O3/c1-4-6-7-12(5-2)10-16-13(8-9-14)11(3)15/h11-15H,3-10H2,1-2H3. The van der Waals surface area contributed by atoms with E-state index in [-0.39, 0.29) is 12.7 Å². The fourth-order valence-electron chi connectivity index (χ4n) is 1.67. The van der Waals surface area contributed by atoms with Crippen LogP contribution in [-0.2, 0) is 4.74 Å². The van der Waals surface area contributed by atoms with Crippen LogP contribution >= 0.6 is 0 Å². The zero-order valence-corrected chi connectivity index (χ0v) is 10.7. The van der Waals surface area contributed by atoms with Crippen LogP contribution in [0.4, 0.5) is 0 Å². The Morgan fingerprint density at radius 2 is 1.94 bits per heavy atom. The van der Waals surface area contributed by atoms with Gasteiger partial charge < -0.3 is 14.9 Å². The summed E-state index contributed by atoms with van der Waals surface area (Å²) in [5.74, 6) is 0.555. The van der Waals surface area contributed by atoms with Gasteiger partial charge in [0.15, 0.2) is 0 Å². The fraction of sp³-hybridized carbons (Fsp3) is 0.923. The molecule has 0 heterocycles. The molecule has 0 aromatic carbocycles. The molecule has 0 aliphatic rings. The van der Waals surface area contributed by atoms with E-state index in [2.05, 4.69) is 20.8 Å². The average molecular weight is 231 g/mol. The molecule has 97 valence electrons. The van der Waals surface area contributed by atoms with E-state index in [9.17, 15) is 5.11 Å². The van der Waals surface area contributed by atoms with E-state index >= 15 is 0 Å². The van der Waals surface area contributed by atoms with Gasteiger partial charge in [-0.05, 0) is 25.7 Å². The maximum Gasteiger partial charge on any atom is 0.0855 e. The number of unbranched alkanes of at least 4 members (excludes halogenated alkanes) is 1. The Kier molecular flexibility index (Phi) is 9.99. The number of hydrogen-bond acceptors (Lipinski definition) is 3. The minimum absolute atomic E-state index is 0.0308. The Hall–Kier alpha value is -0.120. The van der Waals surface area contributed by atoms with Gasteiger partial charge in [0, 0.05) is 13.2 Å². The van der Waals surface area contributed by atoms with Gasteiger partial charge in [0.05, 0.1) is 12.2 Å². The first-order chi connectivity index (χ1) is 7.65. The lowest BCUT2D eigenvalue weighted by Gasteiger charge is -2.23. The van der Waals surface area contributed by atoms with Gasteiger partial charge in [0.2, 0.25) is 0 Å². The molecule has 3 unspecified atom stereocenters. The number of hydrogen-bond donors (Lipinski definition) is 2. The van der Waals surface area contributed by atoms with Crippen molar-refractivity contribution in [1.82, 2.24) is 0 Å². The van der Waals surface area contributed by atoms with Crippen LogP contribution in [0.1, 0.15) is 46.0 Å². The van der Waals surface area contributed by atoms with Crippen LogP contribution in [-0.4, -0.2) is 35.6 Å². The van der Waals surface area contributed by atoms with Crippen LogP contribution in [0.15, 0.2) is 0 Å². The van der Waals surface area contributed by atoms with Crippen molar-refractivity contribution in [3.63, 3.8) is 0 Å². The zero-order valence-electron chi connectivity index (χ0n) is 10.7.